The van der Waals surface area contributed by atoms with Gasteiger partial charge in [-0.05, 0) is 57.0 Å². The average Bonchev–Trinajstić information content (AvgIpc) is 3.67. The van der Waals surface area contributed by atoms with Crippen LogP contribution in [0.3, 0.4) is 0 Å². The zero-order valence-electron chi connectivity index (χ0n) is 20.5. The molecular weight excluding hydrogens is 464 g/mol. The van der Waals surface area contributed by atoms with Crippen molar-refractivity contribution in [1.29, 1.82) is 0 Å². The van der Waals surface area contributed by atoms with Crippen LogP contribution in [0.25, 0.3) is 22.2 Å². The third-order valence-electron chi connectivity index (χ3n) is 6.46. The van der Waals surface area contributed by atoms with Crippen LogP contribution in [0, 0.1) is 24.7 Å². The second-order valence-electron chi connectivity index (χ2n) is 9.23. The number of hydrogen-bond donors (Lipinski definition) is 1. The molecule has 1 amide bonds. The standard InChI is InChI=1S/C29H24N6O2/c1-18-24(27-30-16-7-17-34(27)33-18)28(36)31-19(2)26-32-23-11-6-8-21(15-14-20-12-13-20)25(23)29(37)35(26)22-9-4-3-5-10-22/h3-11,16-17,19-20H,12-13H2,1-2H3,(H,31,36). The minimum atomic E-state index is -0.593. The number of benzene rings is 2. The van der Waals surface area contributed by atoms with E-state index in [1.165, 1.54) is 0 Å². The van der Waals surface area contributed by atoms with Crippen molar-refractivity contribution >= 4 is 22.5 Å². The van der Waals surface area contributed by atoms with Gasteiger partial charge in [0.05, 0.1) is 28.3 Å². The fourth-order valence-electron chi connectivity index (χ4n) is 4.47. The zero-order valence-corrected chi connectivity index (χ0v) is 20.5. The average molecular weight is 489 g/mol. The van der Waals surface area contributed by atoms with Crippen LogP contribution in [-0.4, -0.2) is 30.1 Å². The Morgan fingerprint density at radius 3 is 2.70 bits per heavy atom. The summed E-state index contributed by atoms with van der Waals surface area (Å²) in [6.07, 6.45) is 5.58. The predicted molar refractivity (Wildman–Crippen MR) is 141 cm³/mol. The number of aryl methyl sites for hydroxylation is 1. The van der Waals surface area contributed by atoms with E-state index in [1.54, 1.807) is 34.5 Å². The summed E-state index contributed by atoms with van der Waals surface area (Å²) in [4.78, 5) is 36.6. The monoisotopic (exact) mass is 488 g/mol. The van der Waals surface area contributed by atoms with Crippen molar-refractivity contribution in [2.75, 3.05) is 0 Å². The minimum Gasteiger partial charge on any atom is -0.342 e. The highest BCUT2D eigenvalue weighted by molar-refractivity contribution is 6.01. The van der Waals surface area contributed by atoms with Gasteiger partial charge < -0.3 is 5.32 Å². The summed E-state index contributed by atoms with van der Waals surface area (Å²) in [6, 6.07) is 16.0. The summed E-state index contributed by atoms with van der Waals surface area (Å²) < 4.78 is 3.14. The molecule has 0 spiro atoms. The van der Waals surface area contributed by atoms with Gasteiger partial charge in [0.25, 0.3) is 11.5 Å². The number of para-hydroxylation sites is 1. The molecule has 182 valence electrons. The summed E-state index contributed by atoms with van der Waals surface area (Å²) in [7, 11) is 0. The molecule has 2 aromatic carbocycles. The molecule has 1 aliphatic carbocycles. The SMILES string of the molecule is Cc1nn2cccnc2c1C(=O)NC(C)c1nc2cccc(C#CC3CC3)c2c(=O)n1-c1ccccc1. The quantitative estimate of drug-likeness (QED) is 0.386. The number of nitrogens with zero attached hydrogens (tertiary/aromatic N) is 5. The lowest BCUT2D eigenvalue weighted by atomic mass is 10.1. The van der Waals surface area contributed by atoms with Crippen LogP contribution in [-0.2, 0) is 0 Å². The van der Waals surface area contributed by atoms with Gasteiger partial charge in [0.2, 0.25) is 0 Å². The van der Waals surface area contributed by atoms with E-state index in [9.17, 15) is 9.59 Å². The van der Waals surface area contributed by atoms with Gasteiger partial charge in [0.15, 0.2) is 5.65 Å². The molecular formula is C29H24N6O2. The van der Waals surface area contributed by atoms with Crippen LogP contribution in [0.4, 0.5) is 0 Å². The molecule has 1 saturated carbocycles. The Morgan fingerprint density at radius 2 is 1.92 bits per heavy atom. The topological polar surface area (TPSA) is 94.2 Å². The van der Waals surface area contributed by atoms with Crippen molar-refractivity contribution in [2.24, 2.45) is 5.92 Å². The molecule has 0 radical (unpaired) electrons. The van der Waals surface area contributed by atoms with Gasteiger partial charge >= 0.3 is 0 Å². The molecule has 6 rings (SSSR count). The highest BCUT2D eigenvalue weighted by atomic mass is 16.2. The van der Waals surface area contributed by atoms with Crippen LogP contribution in [0.15, 0.2) is 71.8 Å². The minimum absolute atomic E-state index is 0.221. The number of nitrogens with one attached hydrogen (secondary N) is 1. The maximum Gasteiger partial charge on any atom is 0.267 e. The number of aromatic nitrogens is 5. The maximum absolute atomic E-state index is 14.0. The number of hydrogen-bond acceptors (Lipinski definition) is 5. The molecule has 0 saturated heterocycles. The van der Waals surface area contributed by atoms with E-state index in [0.717, 1.165) is 12.8 Å². The molecule has 1 N–H and O–H groups in total. The first kappa shape index (κ1) is 22.7. The molecule has 0 aliphatic heterocycles. The Bertz CT molecular complexity index is 1790. The first-order chi connectivity index (χ1) is 18.0. The highest BCUT2D eigenvalue weighted by Gasteiger charge is 2.24. The van der Waals surface area contributed by atoms with E-state index >= 15 is 0 Å². The number of amides is 1. The van der Waals surface area contributed by atoms with Gasteiger partial charge in [0, 0.05) is 23.9 Å². The van der Waals surface area contributed by atoms with Crippen molar-refractivity contribution < 1.29 is 4.79 Å². The summed E-state index contributed by atoms with van der Waals surface area (Å²) >= 11 is 0. The van der Waals surface area contributed by atoms with Crippen LogP contribution in [0.2, 0.25) is 0 Å². The molecule has 8 heteroatoms. The lowest BCUT2D eigenvalue weighted by Gasteiger charge is -2.20. The molecule has 3 heterocycles. The van der Waals surface area contributed by atoms with E-state index in [4.69, 9.17) is 4.98 Å². The Morgan fingerprint density at radius 1 is 1.11 bits per heavy atom. The fraction of sp³-hybridized carbons (Fsp3) is 0.207. The predicted octanol–water partition coefficient (Wildman–Crippen LogP) is 3.99. The summed E-state index contributed by atoms with van der Waals surface area (Å²) in [5.41, 5.74) is 3.08. The molecule has 1 atom stereocenters. The van der Waals surface area contributed by atoms with Gasteiger partial charge in [0.1, 0.15) is 11.4 Å². The van der Waals surface area contributed by atoms with Gasteiger partial charge in [-0.1, -0.05) is 36.1 Å². The third-order valence-corrected chi connectivity index (χ3v) is 6.46. The molecule has 8 nitrogen and oxygen atoms in total. The molecule has 1 aliphatic rings. The molecule has 3 aromatic heterocycles. The van der Waals surface area contributed by atoms with E-state index in [0.29, 0.717) is 50.8 Å². The molecule has 5 aromatic rings. The maximum atomic E-state index is 14.0. The Hall–Kier alpha value is -4.77. The molecule has 0 bridgehead atoms. The Labute approximate surface area is 213 Å². The summed E-state index contributed by atoms with van der Waals surface area (Å²) in [6.45, 7) is 3.59. The number of fused-ring (bicyclic) bond motifs is 2. The van der Waals surface area contributed by atoms with Crippen molar-refractivity contribution in [2.45, 2.75) is 32.7 Å². The van der Waals surface area contributed by atoms with Gasteiger partial charge in [-0.25, -0.2) is 14.5 Å². The Balaban J connectivity index is 1.48. The van der Waals surface area contributed by atoms with Crippen molar-refractivity contribution in [3.63, 3.8) is 0 Å². The number of rotatable bonds is 4. The lowest BCUT2D eigenvalue weighted by molar-refractivity contribution is 0.0938. The molecule has 37 heavy (non-hydrogen) atoms. The van der Waals surface area contributed by atoms with Crippen LogP contribution in [0.1, 0.15) is 53.2 Å². The number of carbonyl (C=O) groups excluding carboxylic acids is 1. The zero-order chi connectivity index (χ0) is 25.5. The van der Waals surface area contributed by atoms with Gasteiger partial charge in [-0.15, -0.1) is 0 Å². The van der Waals surface area contributed by atoms with Crippen molar-refractivity contribution in [1.82, 2.24) is 29.5 Å². The first-order valence-electron chi connectivity index (χ1n) is 12.2. The third kappa shape index (κ3) is 4.15. The van der Waals surface area contributed by atoms with E-state index in [-0.39, 0.29) is 11.5 Å². The van der Waals surface area contributed by atoms with Crippen molar-refractivity contribution in [3.8, 4) is 17.5 Å². The molecule has 1 unspecified atom stereocenters. The first-order valence-corrected chi connectivity index (χ1v) is 12.2. The van der Waals surface area contributed by atoms with Gasteiger partial charge in [-0.2, -0.15) is 5.10 Å². The van der Waals surface area contributed by atoms with E-state index < -0.39 is 6.04 Å². The Kier molecular flexibility index (Phi) is 5.53. The van der Waals surface area contributed by atoms with Crippen LogP contribution < -0.4 is 10.9 Å². The second-order valence-corrected chi connectivity index (χ2v) is 9.23. The highest BCUT2D eigenvalue weighted by Crippen LogP contribution is 2.28. The summed E-state index contributed by atoms with van der Waals surface area (Å²) in [5.74, 6) is 6.95. The number of carbonyl (C=O) groups is 1. The van der Waals surface area contributed by atoms with Crippen molar-refractivity contribution in [3.05, 3.63) is 100.0 Å². The van der Waals surface area contributed by atoms with Gasteiger partial charge in [-0.3, -0.25) is 14.2 Å². The summed E-state index contributed by atoms with van der Waals surface area (Å²) in [5, 5.41) is 7.88. The second kappa shape index (κ2) is 9.03. The smallest absolute Gasteiger partial charge is 0.267 e. The normalized spacial score (nSPS) is 13.8. The largest absolute Gasteiger partial charge is 0.342 e. The lowest BCUT2D eigenvalue weighted by Crippen LogP contribution is -2.33. The van der Waals surface area contributed by atoms with Crippen LogP contribution in [0.5, 0.6) is 0 Å². The fourth-order valence-corrected chi connectivity index (χ4v) is 4.47. The van der Waals surface area contributed by atoms with E-state index in [1.807, 2.05) is 55.5 Å². The molecule has 1 fully saturated rings. The van der Waals surface area contributed by atoms with Crippen LogP contribution >= 0.6 is 0 Å². The van der Waals surface area contributed by atoms with E-state index in [2.05, 4.69) is 27.2 Å².